The summed E-state index contributed by atoms with van der Waals surface area (Å²) in [6, 6.07) is 20.4. The smallest absolute Gasteiger partial charge is 0.251 e. The third kappa shape index (κ3) is 6.90. The van der Waals surface area contributed by atoms with Crippen molar-refractivity contribution in [3.05, 3.63) is 101 Å². The van der Waals surface area contributed by atoms with Crippen LogP contribution in [0.25, 0.3) is 0 Å². The summed E-state index contributed by atoms with van der Waals surface area (Å²) in [6.45, 7) is 3.68. The molecule has 0 unspecified atom stereocenters. The molecular formula is C27H30FN3O3S. The number of halogens is 1. The Kier molecular flexibility index (Phi) is 7.83. The molecular weight excluding hydrogens is 465 g/mol. The van der Waals surface area contributed by atoms with Gasteiger partial charge in [0, 0.05) is 18.7 Å². The second kappa shape index (κ2) is 11.0. The van der Waals surface area contributed by atoms with Crippen molar-refractivity contribution in [3.8, 4) is 0 Å². The van der Waals surface area contributed by atoms with Gasteiger partial charge in [0.1, 0.15) is 5.82 Å². The summed E-state index contributed by atoms with van der Waals surface area (Å²) in [6.07, 6.45) is 3.63. The third-order valence-corrected chi connectivity index (χ3v) is 7.25. The number of carbonyl (C=O) groups excluding carboxylic acids is 1. The summed E-state index contributed by atoms with van der Waals surface area (Å²) >= 11 is 0. The normalized spacial score (nSPS) is 14.1. The van der Waals surface area contributed by atoms with E-state index in [1.54, 1.807) is 36.4 Å². The van der Waals surface area contributed by atoms with Gasteiger partial charge < -0.3 is 5.32 Å². The monoisotopic (exact) mass is 495 g/mol. The highest BCUT2D eigenvalue weighted by molar-refractivity contribution is 7.92. The van der Waals surface area contributed by atoms with E-state index in [-0.39, 0.29) is 18.3 Å². The van der Waals surface area contributed by atoms with Crippen LogP contribution in [-0.4, -0.2) is 38.6 Å². The fraction of sp³-hybridized carbons (Fsp3) is 0.296. The number of likely N-dealkylation sites (tertiary alicyclic amines) is 1. The molecule has 1 aliphatic heterocycles. The van der Waals surface area contributed by atoms with Gasteiger partial charge >= 0.3 is 0 Å². The number of sulfonamides is 1. The van der Waals surface area contributed by atoms with Gasteiger partial charge in [0.2, 0.25) is 10.0 Å². The minimum Gasteiger partial charge on any atom is -0.348 e. The van der Waals surface area contributed by atoms with Crippen LogP contribution < -0.4 is 9.62 Å². The number of hydrogen-bond acceptors (Lipinski definition) is 4. The van der Waals surface area contributed by atoms with E-state index >= 15 is 0 Å². The number of anilines is 1. The summed E-state index contributed by atoms with van der Waals surface area (Å²) in [7, 11) is -3.58. The highest BCUT2D eigenvalue weighted by Crippen LogP contribution is 2.22. The van der Waals surface area contributed by atoms with Gasteiger partial charge in [0.25, 0.3) is 5.91 Å². The number of rotatable bonds is 9. The lowest BCUT2D eigenvalue weighted by Gasteiger charge is -2.22. The Balaban J connectivity index is 1.39. The number of carbonyl (C=O) groups is 1. The molecule has 6 nitrogen and oxygen atoms in total. The van der Waals surface area contributed by atoms with E-state index in [0.717, 1.165) is 31.5 Å². The predicted octanol–water partition coefficient (Wildman–Crippen LogP) is 4.32. The van der Waals surface area contributed by atoms with E-state index in [2.05, 4.69) is 22.3 Å². The van der Waals surface area contributed by atoms with E-state index in [4.69, 9.17) is 0 Å². The predicted molar refractivity (Wildman–Crippen MR) is 136 cm³/mol. The molecule has 4 rings (SSSR count). The molecule has 1 fully saturated rings. The maximum absolute atomic E-state index is 13.2. The standard InChI is InChI=1S/C27H30FN3O3S/c1-35(33,34)31(20-21-7-11-25(28)12-8-21)26-13-9-24(10-14-26)27(32)29-18-22-5-4-6-23(17-22)19-30-15-2-3-16-30/h4-14,17H,2-3,15-16,18-20H2,1H3,(H,29,32). The molecule has 1 aliphatic rings. The van der Waals surface area contributed by atoms with Gasteiger partial charge in [-0.05, 0) is 79.0 Å². The van der Waals surface area contributed by atoms with E-state index in [1.165, 1.54) is 34.8 Å². The van der Waals surface area contributed by atoms with Crippen molar-refractivity contribution >= 4 is 21.6 Å². The van der Waals surface area contributed by atoms with Crippen LogP contribution in [0.15, 0.2) is 72.8 Å². The van der Waals surface area contributed by atoms with Crippen molar-refractivity contribution in [2.45, 2.75) is 32.5 Å². The van der Waals surface area contributed by atoms with Crippen molar-refractivity contribution in [1.82, 2.24) is 10.2 Å². The maximum atomic E-state index is 13.2. The molecule has 1 amide bonds. The van der Waals surface area contributed by atoms with Crippen LogP contribution in [0.5, 0.6) is 0 Å². The van der Waals surface area contributed by atoms with E-state index in [0.29, 0.717) is 23.4 Å². The molecule has 1 saturated heterocycles. The minimum atomic E-state index is -3.58. The van der Waals surface area contributed by atoms with Crippen molar-refractivity contribution in [1.29, 1.82) is 0 Å². The van der Waals surface area contributed by atoms with Gasteiger partial charge in [0.05, 0.1) is 18.5 Å². The van der Waals surface area contributed by atoms with Gasteiger partial charge in [-0.1, -0.05) is 36.4 Å². The van der Waals surface area contributed by atoms with Gasteiger partial charge in [-0.2, -0.15) is 0 Å². The maximum Gasteiger partial charge on any atom is 0.251 e. The SMILES string of the molecule is CS(=O)(=O)N(Cc1ccc(F)cc1)c1ccc(C(=O)NCc2cccc(CN3CCCC3)c2)cc1. The van der Waals surface area contributed by atoms with Crippen molar-refractivity contribution < 1.29 is 17.6 Å². The minimum absolute atomic E-state index is 0.0679. The van der Waals surface area contributed by atoms with Gasteiger partial charge in [-0.3, -0.25) is 14.0 Å². The Morgan fingerprint density at radius 1 is 0.943 bits per heavy atom. The lowest BCUT2D eigenvalue weighted by molar-refractivity contribution is 0.0951. The molecule has 0 saturated carbocycles. The topological polar surface area (TPSA) is 69.7 Å². The first kappa shape index (κ1) is 24.9. The zero-order valence-corrected chi connectivity index (χ0v) is 20.6. The Bertz CT molecular complexity index is 1260. The Hall–Kier alpha value is -3.23. The zero-order chi connectivity index (χ0) is 24.8. The first-order chi connectivity index (χ1) is 16.8. The highest BCUT2D eigenvalue weighted by atomic mass is 32.2. The van der Waals surface area contributed by atoms with Crippen LogP contribution in [0, 0.1) is 5.82 Å². The van der Waals surface area contributed by atoms with Crippen molar-refractivity contribution in [2.24, 2.45) is 0 Å². The molecule has 1 heterocycles. The Morgan fingerprint density at radius 3 is 2.26 bits per heavy atom. The van der Waals surface area contributed by atoms with E-state index in [1.807, 2.05) is 12.1 Å². The van der Waals surface area contributed by atoms with Crippen LogP contribution >= 0.6 is 0 Å². The average molecular weight is 496 g/mol. The first-order valence-electron chi connectivity index (χ1n) is 11.7. The molecule has 0 aromatic heterocycles. The molecule has 3 aromatic carbocycles. The van der Waals surface area contributed by atoms with Crippen LogP contribution in [0.1, 0.15) is 39.9 Å². The fourth-order valence-corrected chi connectivity index (χ4v) is 5.14. The lowest BCUT2D eigenvalue weighted by Crippen LogP contribution is -2.29. The number of nitrogens with zero attached hydrogens (tertiary/aromatic N) is 2. The average Bonchev–Trinajstić information content (AvgIpc) is 3.35. The number of nitrogens with one attached hydrogen (secondary N) is 1. The van der Waals surface area contributed by atoms with Gasteiger partial charge in [-0.25, -0.2) is 12.8 Å². The van der Waals surface area contributed by atoms with Crippen LogP contribution in [-0.2, 0) is 29.7 Å². The largest absolute Gasteiger partial charge is 0.348 e. The molecule has 3 aromatic rings. The van der Waals surface area contributed by atoms with Crippen LogP contribution in [0.2, 0.25) is 0 Å². The zero-order valence-electron chi connectivity index (χ0n) is 19.8. The summed E-state index contributed by atoms with van der Waals surface area (Å²) in [5.74, 6) is -0.612. The van der Waals surface area contributed by atoms with Crippen LogP contribution in [0.4, 0.5) is 10.1 Å². The van der Waals surface area contributed by atoms with Crippen LogP contribution in [0.3, 0.4) is 0 Å². The molecule has 0 radical (unpaired) electrons. The third-order valence-electron chi connectivity index (χ3n) is 6.11. The number of benzene rings is 3. The summed E-state index contributed by atoms with van der Waals surface area (Å²) in [4.78, 5) is 15.1. The summed E-state index contributed by atoms with van der Waals surface area (Å²) < 4.78 is 39.2. The van der Waals surface area contributed by atoms with E-state index < -0.39 is 10.0 Å². The first-order valence-corrected chi connectivity index (χ1v) is 13.5. The molecule has 0 bridgehead atoms. The molecule has 35 heavy (non-hydrogen) atoms. The van der Waals surface area contributed by atoms with E-state index in [9.17, 15) is 17.6 Å². The summed E-state index contributed by atoms with van der Waals surface area (Å²) in [5.41, 5.74) is 3.81. The second-order valence-corrected chi connectivity index (χ2v) is 10.8. The second-order valence-electron chi connectivity index (χ2n) is 8.93. The van der Waals surface area contributed by atoms with Crippen molar-refractivity contribution in [3.63, 3.8) is 0 Å². The molecule has 0 spiro atoms. The number of amides is 1. The quantitative estimate of drug-likeness (QED) is 0.480. The Morgan fingerprint density at radius 2 is 1.60 bits per heavy atom. The molecule has 0 atom stereocenters. The molecule has 0 aliphatic carbocycles. The molecule has 184 valence electrons. The molecule has 1 N–H and O–H groups in total. The summed E-state index contributed by atoms with van der Waals surface area (Å²) in [5, 5.41) is 2.94. The Labute approximate surface area is 206 Å². The number of hydrogen-bond donors (Lipinski definition) is 1. The highest BCUT2D eigenvalue weighted by Gasteiger charge is 2.19. The van der Waals surface area contributed by atoms with Gasteiger partial charge in [-0.15, -0.1) is 0 Å². The fourth-order valence-electron chi connectivity index (χ4n) is 4.26. The molecule has 8 heteroatoms. The van der Waals surface area contributed by atoms with Gasteiger partial charge in [0.15, 0.2) is 0 Å². The van der Waals surface area contributed by atoms with Crippen molar-refractivity contribution in [2.75, 3.05) is 23.7 Å². The lowest BCUT2D eigenvalue weighted by atomic mass is 10.1.